The van der Waals surface area contributed by atoms with Gasteiger partial charge in [-0.2, -0.15) is 0 Å². The molecule has 76 valence electrons. The number of allylic oxidation sites excluding steroid dienone is 2. The number of ether oxygens (including phenoxy) is 1. The van der Waals surface area contributed by atoms with Crippen LogP contribution in [-0.2, 0) is 4.74 Å². The molecule has 0 saturated heterocycles. The number of unbranched alkanes of at least 4 members (excludes halogenated alkanes) is 1. The first-order valence-corrected chi connectivity index (χ1v) is 5.53. The first-order chi connectivity index (χ1) is 6.36. The molecule has 0 aromatic carbocycles. The highest BCUT2D eigenvalue weighted by Gasteiger charge is 2.13. The lowest BCUT2D eigenvalue weighted by Crippen LogP contribution is -2.11. The minimum absolute atomic E-state index is 0.787. The van der Waals surface area contributed by atoms with Gasteiger partial charge in [0.2, 0.25) is 0 Å². The molecule has 13 heavy (non-hydrogen) atoms. The predicted molar refractivity (Wildman–Crippen MR) is 56.8 cm³/mol. The molecule has 0 N–H and O–H groups in total. The van der Waals surface area contributed by atoms with E-state index in [1.54, 1.807) is 12.7 Å². The fourth-order valence-corrected chi connectivity index (χ4v) is 1.96. The minimum Gasteiger partial charge on any atom is -0.384 e. The Bertz CT molecular complexity index is 161. The van der Waals surface area contributed by atoms with Gasteiger partial charge in [-0.25, -0.2) is 0 Å². The van der Waals surface area contributed by atoms with Crippen LogP contribution in [0.15, 0.2) is 11.6 Å². The van der Waals surface area contributed by atoms with Crippen LogP contribution in [0.5, 0.6) is 0 Å². The van der Waals surface area contributed by atoms with Gasteiger partial charge in [0.15, 0.2) is 0 Å². The third-order valence-corrected chi connectivity index (χ3v) is 2.87. The Balaban J connectivity index is 2.22. The first kappa shape index (κ1) is 10.8. The molecule has 1 atom stereocenters. The van der Waals surface area contributed by atoms with Gasteiger partial charge in [0, 0.05) is 13.7 Å². The normalized spacial score (nSPS) is 22.9. The summed E-state index contributed by atoms with van der Waals surface area (Å²) in [5, 5.41) is 0. The predicted octanol–water partition coefficient (Wildman–Crippen LogP) is 3.55. The van der Waals surface area contributed by atoms with Crippen molar-refractivity contribution >= 4 is 0 Å². The van der Waals surface area contributed by atoms with Crippen LogP contribution in [-0.4, -0.2) is 13.7 Å². The summed E-state index contributed by atoms with van der Waals surface area (Å²) in [6.07, 6.45) is 10.4. The van der Waals surface area contributed by atoms with E-state index in [2.05, 4.69) is 13.0 Å². The molecule has 1 aliphatic rings. The summed E-state index contributed by atoms with van der Waals surface area (Å²) in [6, 6.07) is 0. The van der Waals surface area contributed by atoms with Crippen molar-refractivity contribution in [1.82, 2.24) is 0 Å². The molecule has 0 spiro atoms. The van der Waals surface area contributed by atoms with Crippen molar-refractivity contribution in [3.8, 4) is 0 Å². The lowest BCUT2D eigenvalue weighted by molar-refractivity contribution is 0.146. The molecule has 0 aliphatic heterocycles. The van der Waals surface area contributed by atoms with Gasteiger partial charge >= 0.3 is 0 Å². The maximum absolute atomic E-state index is 5.17. The summed E-state index contributed by atoms with van der Waals surface area (Å²) < 4.78 is 5.17. The molecule has 1 heteroatoms. The molecule has 0 aromatic heterocycles. The van der Waals surface area contributed by atoms with Crippen molar-refractivity contribution in [1.29, 1.82) is 0 Å². The maximum atomic E-state index is 5.17. The Morgan fingerprint density at radius 2 is 2.38 bits per heavy atom. The fraction of sp³-hybridized carbons (Fsp3) is 0.833. The van der Waals surface area contributed by atoms with Crippen LogP contribution in [0, 0.1) is 5.92 Å². The molecule has 0 aromatic rings. The summed E-state index contributed by atoms with van der Waals surface area (Å²) in [7, 11) is 1.80. The first-order valence-electron chi connectivity index (χ1n) is 5.53. The topological polar surface area (TPSA) is 9.23 Å². The molecule has 0 bridgehead atoms. The smallest absolute Gasteiger partial charge is 0.0493 e. The van der Waals surface area contributed by atoms with E-state index in [-0.39, 0.29) is 0 Å². The van der Waals surface area contributed by atoms with Crippen molar-refractivity contribution < 1.29 is 4.74 Å². The van der Waals surface area contributed by atoms with Gasteiger partial charge < -0.3 is 4.74 Å². The fourth-order valence-electron chi connectivity index (χ4n) is 1.96. The summed E-state index contributed by atoms with van der Waals surface area (Å²) in [4.78, 5) is 0. The zero-order valence-corrected chi connectivity index (χ0v) is 9.01. The largest absolute Gasteiger partial charge is 0.384 e. The molecule has 1 aliphatic carbocycles. The Labute approximate surface area is 82.2 Å². The Morgan fingerprint density at radius 3 is 2.92 bits per heavy atom. The van der Waals surface area contributed by atoms with E-state index in [1.165, 1.54) is 38.5 Å². The summed E-state index contributed by atoms with van der Waals surface area (Å²) in [5.74, 6) is 0.787. The van der Waals surface area contributed by atoms with E-state index in [9.17, 15) is 0 Å². The van der Waals surface area contributed by atoms with Crippen molar-refractivity contribution in [3.63, 3.8) is 0 Å². The van der Waals surface area contributed by atoms with Crippen LogP contribution in [0.1, 0.15) is 45.4 Å². The highest BCUT2D eigenvalue weighted by Crippen LogP contribution is 2.26. The van der Waals surface area contributed by atoms with E-state index in [0.29, 0.717) is 0 Å². The SMILES string of the molecule is CCCCC1=CCC(COC)CC1. The summed E-state index contributed by atoms with van der Waals surface area (Å²) >= 11 is 0. The van der Waals surface area contributed by atoms with E-state index in [1.807, 2.05) is 0 Å². The van der Waals surface area contributed by atoms with Crippen molar-refractivity contribution in [2.75, 3.05) is 13.7 Å². The Kier molecular flexibility index (Phi) is 5.14. The van der Waals surface area contributed by atoms with Gasteiger partial charge in [-0.05, 0) is 38.0 Å². The minimum atomic E-state index is 0.787. The molecule has 0 heterocycles. The molecule has 0 saturated carbocycles. The Morgan fingerprint density at radius 1 is 1.54 bits per heavy atom. The quantitative estimate of drug-likeness (QED) is 0.591. The van der Waals surface area contributed by atoms with Crippen molar-refractivity contribution in [2.24, 2.45) is 5.92 Å². The van der Waals surface area contributed by atoms with Crippen LogP contribution in [0.4, 0.5) is 0 Å². The molecule has 1 unspecified atom stereocenters. The second-order valence-electron chi connectivity index (χ2n) is 4.06. The third kappa shape index (κ3) is 3.95. The van der Waals surface area contributed by atoms with Crippen molar-refractivity contribution in [3.05, 3.63) is 11.6 Å². The van der Waals surface area contributed by atoms with E-state index < -0.39 is 0 Å². The number of hydrogen-bond donors (Lipinski definition) is 0. The molecular weight excluding hydrogens is 160 g/mol. The zero-order valence-electron chi connectivity index (χ0n) is 9.01. The zero-order chi connectivity index (χ0) is 9.52. The summed E-state index contributed by atoms with van der Waals surface area (Å²) in [6.45, 7) is 3.20. The molecule has 1 nitrogen and oxygen atoms in total. The highest BCUT2D eigenvalue weighted by atomic mass is 16.5. The van der Waals surface area contributed by atoms with Crippen LogP contribution in [0.2, 0.25) is 0 Å². The number of rotatable bonds is 5. The van der Waals surface area contributed by atoms with Gasteiger partial charge in [-0.3, -0.25) is 0 Å². The van der Waals surface area contributed by atoms with Crippen LogP contribution >= 0.6 is 0 Å². The van der Waals surface area contributed by atoms with Gasteiger partial charge in [0.25, 0.3) is 0 Å². The van der Waals surface area contributed by atoms with Gasteiger partial charge in [0.1, 0.15) is 0 Å². The molecule has 0 fully saturated rings. The van der Waals surface area contributed by atoms with E-state index in [0.717, 1.165) is 12.5 Å². The highest BCUT2D eigenvalue weighted by molar-refractivity contribution is 5.06. The average Bonchev–Trinajstić information content (AvgIpc) is 2.17. The van der Waals surface area contributed by atoms with Gasteiger partial charge in [-0.15, -0.1) is 0 Å². The van der Waals surface area contributed by atoms with Crippen LogP contribution in [0.25, 0.3) is 0 Å². The summed E-state index contributed by atoms with van der Waals surface area (Å²) in [5.41, 5.74) is 1.69. The van der Waals surface area contributed by atoms with Crippen LogP contribution < -0.4 is 0 Å². The van der Waals surface area contributed by atoms with Gasteiger partial charge in [-0.1, -0.05) is 25.0 Å². The second kappa shape index (κ2) is 6.20. The van der Waals surface area contributed by atoms with Crippen LogP contribution in [0.3, 0.4) is 0 Å². The monoisotopic (exact) mass is 182 g/mol. The third-order valence-electron chi connectivity index (χ3n) is 2.87. The maximum Gasteiger partial charge on any atom is 0.0493 e. The lowest BCUT2D eigenvalue weighted by Gasteiger charge is -2.21. The molecule has 0 radical (unpaired) electrons. The molecular formula is C12H22O. The molecule has 1 rings (SSSR count). The number of hydrogen-bond acceptors (Lipinski definition) is 1. The van der Waals surface area contributed by atoms with Gasteiger partial charge in [0.05, 0.1) is 0 Å². The standard InChI is InChI=1S/C12H22O/c1-3-4-5-11-6-8-12(9-7-11)10-13-2/h6,12H,3-5,7-10H2,1-2H3. The van der Waals surface area contributed by atoms with E-state index >= 15 is 0 Å². The second-order valence-corrected chi connectivity index (χ2v) is 4.06. The lowest BCUT2D eigenvalue weighted by atomic mass is 9.88. The molecule has 0 amide bonds. The average molecular weight is 182 g/mol. The van der Waals surface area contributed by atoms with E-state index in [4.69, 9.17) is 4.74 Å². The van der Waals surface area contributed by atoms with Crippen molar-refractivity contribution in [2.45, 2.75) is 45.4 Å². The number of methoxy groups -OCH3 is 1. The Hall–Kier alpha value is -0.300.